The molecule has 0 amide bonds. The number of tetrazole rings is 1. The fourth-order valence-electron chi connectivity index (χ4n) is 2.02. The average Bonchev–Trinajstić information content (AvgIpc) is 3.17. The number of alkyl halides is 6. The molecule has 0 spiro atoms. The number of rotatable bonds is 3. The molecule has 25 heavy (non-hydrogen) atoms. The number of nitrogens with zero attached hydrogens (tertiary/aromatic N) is 4. The number of halogens is 6. The third-order valence-electron chi connectivity index (χ3n) is 3.11. The number of hydrogen-bond acceptors (Lipinski definition) is 5. The Morgan fingerprint density at radius 1 is 0.960 bits per heavy atom. The summed E-state index contributed by atoms with van der Waals surface area (Å²) in [4.78, 5) is 4.06. The van der Waals surface area contributed by atoms with E-state index in [4.69, 9.17) is 0 Å². The molecule has 3 rings (SSSR count). The molecule has 0 radical (unpaired) electrons. The molecule has 0 saturated heterocycles. The first-order valence-electron chi connectivity index (χ1n) is 6.59. The molecule has 5 nitrogen and oxygen atoms in total. The fourth-order valence-corrected chi connectivity index (χ4v) is 2.83. The molecule has 3 aromatic rings. The zero-order chi connectivity index (χ0) is 18.2. The third-order valence-corrected chi connectivity index (χ3v) is 4.05. The Morgan fingerprint density at radius 3 is 2.12 bits per heavy atom. The summed E-state index contributed by atoms with van der Waals surface area (Å²) in [7, 11) is 0. The van der Waals surface area contributed by atoms with Gasteiger partial charge in [0.05, 0.1) is 23.2 Å². The van der Waals surface area contributed by atoms with E-state index in [1.807, 2.05) is 0 Å². The van der Waals surface area contributed by atoms with E-state index in [2.05, 4.69) is 25.6 Å². The molecule has 132 valence electrons. The first-order chi connectivity index (χ1) is 11.6. The zero-order valence-corrected chi connectivity index (χ0v) is 12.8. The number of hydrogen-bond donors (Lipinski definition) is 1. The van der Waals surface area contributed by atoms with Crippen molar-refractivity contribution >= 4 is 11.3 Å². The van der Waals surface area contributed by atoms with Gasteiger partial charge >= 0.3 is 12.4 Å². The van der Waals surface area contributed by atoms with E-state index < -0.39 is 23.5 Å². The number of aromatic amines is 1. The van der Waals surface area contributed by atoms with E-state index in [0.717, 1.165) is 11.3 Å². The summed E-state index contributed by atoms with van der Waals surface area (Å²) in [5.74, 6) is 0.303. The minimum absolute atomic E-state index is 0.0371. The number of nitrogens with one attached hydrogen (secondary N) is 1. The third kappa shape index (κ3) is 3.95. The summed E-state index contributed by atoms with van der Waals surface area (Å²) in [5.41, 5.74) is -2.61. The van der Waals surface area contributed by atoms with Crippen LogP contribution in [0.3, 0.4) is 0 Å². The first-order valence-corrected chi connectivity index (χ1v) is 7.47. The molecule has 1 aromatic carbocycles. The van der Waals surface area contributed by atoms with Crippen LogP contribution in [-0.4, -0.2) is 25.6 Å². The Morgan fingerprint density at radius 2 is 1.60 bits per heavy atom. The second kappa shape index (κ2) is 6.10. The maximum atomic E-state index is 12.9. The van der Waals surface area contributed by atoms with Gasteiger partial charge in [-0.25, -0.2) is 4.98 Å². The molecule has 0 aliphatic heterocycles. The summed E-state index contributed by atoms with van der Waals surface area (Å²) in [6.45, 7) is 0. The molecule has 0 unspecified atom stereocenters. The van der Waals surface area contributed by atoms with Crippen LogP contribution in [0.15, 0.2) is 23.6 Å². The van der Waals surface area contributed by atoms with Gasteiger partial charge in [0.1, 0.15) is 5.01 Å². The molecule has 0 aliphatic carbocycles. The number of H-pyrrole nitrogens is 1. The molecular weight excluding hydrogens is 372 g/mol. The van der Waals surface area contributed by atoms with Crippen molar-refractivity contribution in [3.05, 3.63) is 46.2 Å². The smallest absolute Gasteiger partial charge is 0.241 e. The van der Waals surface area contributed by atoms with Gasteiger partial charge in [-0.2, -0.15) is 31.6 Å². The van der Waals surface area contributed by atoms with Gasteiger partial charge in [-0.15, -0.1) is 21.5 Å². The van der Waals surface area contributed by atoms with E-state index in [1.165, 1.54) is 5.38 Å². The summed E-state index contributed by atoms with van der Waals surface area (Å²) in [5, 5.41) is 14.5. The van der Waals surface area contributed by atoms with Crippen molar-refractivity contribution in [2.75, 3.05) is 0 Å². The van der Waals surface area contributed by atoms with Crippen molar-refractivity contribution in [3.63, 3.8) is 0 Å². The highest BCUT2D eigenvalue weighted by Gasteiger charge is 2.37. The van der Waals surface area contributed by atoms with Gasteiger partial charge in [0.15, 0.2) is 5.82 Å². The van der Waals surface area contributed by atoms with Gasteiger partial charge in [-0.05, 0) is 18.2 Å². The number of aromatic nitrogens is 5. The van der Waals surface area contributed by atoms with E-state index in [9.17, 15) is 26.3 Å². The maximum absolute atomic E-state index is 12.9. The van der Waals surface area contributed by atoms with E-state index in [1.54, 1.807) is 0 Å². The van der Waals surface area contributed by atoms with Crippen LogP contribution in [0, 0.1) is 0 Å². The zero-order valence-electron chi connectivity index (χ0n) is 12.0. The lowest BCUT2D eigenvalue weighted by atomic mass is 10.1. The molecule has 2 heterocycles. The molecule has 1 N–H and O–H groups in total. The Hall–Kier alpha value is -2.50. The predicted octanol–water partition coefficient (Wildman–Crippen LogP) is 3.95. The molecule has 12 heteroatoms. The van der Waals surface area contributed by atoms with Crippen LogP contribution in [0.5, 0.6) is 0 Å². The molecule has 0 aliphatic rings. The van der Waals surface area contributed by atoms with Crippen molar-refractivity contribution in [2.45, 2.75) is 18.8 Å². The van der Waals surface area contributed by atoms with Gasteiger partial charge in [0.2, 0.25) is 0 Å². The Kier molecular flexibility index (Phi) is 4.22. The number of thiazole rings is 1. The normalized spacial score (nSPS) is 12.6. The number of benzene rings is 1. The van der Waals surface area contributed by atoms with Gasteiger partial charge in [0.25, 0.3) is 0 Å². The second-order valence-corrected chi connectivity index (χ2v) is 5.80. The first kappa shape index (κ1) is 17.3. The van der Waals surface area contributed by atoms with Gasteiger partial charge in [0, 0.05) is 10.9 Å². The Labute approximate surface area is 139 Å². The van der Waals surface area contributed by atoms with E-state index in [0.29, 0.717) is 23.7 Å². The van der Waals surface area contributed by atoms with Crippen LogP contribution in [0.1, 0.15) is 22.6 Å². The van der Waals surface area contributed by atoms with Crippen molar-refractivity contribution < 1.29 is 26.3 Å². The lowest BCUT2D eigenvalue weighted by molar-refractivity contribution is -0.143. The van der Waals surface area contributed by atoms with Crippen LogP contribution in [0.25, 0.3) is 10.6 Å². The summed E-state index contributed by atoms with van der Waals surface area (Å²) in [6.07, 6.45) is -9.65. The molecule has 0 bridgehead atoms. The van der Waals surface area contributed by atoms with Crippen LogP contribution in [-0.2, 0) is 18.8 Å². The summed E-state index contributed by atoms with van der Waals surface area (Å²) in [6, 6.07) is 1.37. The topological polar surface area (TPSA) is 67.3 Å². The van der Waals surface area contributed by atoms with Crippen molar-refractivity contribution in [1.29, 1.82) is 0 Å². The van der Waals surface area contributed by atoms with Gasteiger partial charge in [-0.3, -0.25) is 0 Å². The molecule has 0 saturated carbocycles. The van der Waals surface area contributed by atoms with E-state index >= 15 is 0 Å². The van der Waals surface area contributed by atoms with Crippen LogP contribution >= 0.6 is 11.3 Å². The van der Waals surface area contributed by atoms with Crippen LogP contribution < -0.4 is 0 Å². The van der Waals surface area contributed by atoms with Crippen molar-refractivity contribution in [2.24, 2.45) is 0 Å². The monoisotopic (exact) mass is 379 g/mol. The molecular formula is C13H7F6N5S. The fraction of sp³-hybridized carbons (Fsp3) is 0.231. The van der Waals surface area contributed by atoms with Crippen LogP contribution in [0.4, 0.5) is 26.3 Å². The minimum Gasteiger partial charge on any atom is -0.241 e. The Bertz CT molecular complexity index is 836. The predicted molar refractivity (Wildman–Crippen MR) is 74.5 cm³/mol. The standard InChI is InChI=1S/C13H7F6N5S/c14-12(15,16)7-1-6(2-8(3-7)13(17,18)19)11-20-9(5-25-11)4-10-21-23-24-22-10/h1-3,5H,4H2,(H,21,22,23,24). The van der Waals surface area contributed by atoms with E-state index in [-0.39, 0.29) is 23.1 Å². The highest BCUT2D eigenvalue weighted by Crippen LogP contribution is 2.39. The molecule has 2 aromatic heterocycles. The highest BCUT2D eigenvalue weighted by molar-refractivity contribution is 7.13. The SMILES string of the molecule is FC(F)(F)c1cc(-c2nc(Cc3nn[nH]n3)cs2)cc(C(F)(F)F)c1. The largest absolute Gasteiger partial charge is 0.416 e. The van der Waals surface area contributed by atoms with Gasteiger partial charge in [-0.1, -0.05) is 5.21 Å². The lowest BCUT2D eigenvalue weighted by Crippen LogP contribution is -2.11. The summed E-state index contributed by atoms with van der Waals surface area (Å²) >= 11 is 0.931. The molecule has 0 atom stereocenters. The van der Waals surface area contributed by atoms with Gasteiger partial charge < -0.3 is 0 Å². The quantitative estimate of drug-likeness (QED) is 0.700. The second-order valence-electron chi connectivity index (χ2n) is 4.94. The van der Waals surface area contributed by atoms with Crippen molar-refractivity contribution in [1.82, 2.24) is 25.6 Å². The van der Waals surface area contributed by atoms with Crippen molar-refractivity contribution in [3.8, 4) is 10.6 Å². The highest BCUT2D eigenvalue weighted by atomic mass is 32.1. The van der Waals surface area contributed by atoms with Crippen LogP contribution in [0.2, 0.25) is 0 Å². The minimum atomic E-state index is -4.90. The maximum Gasteiger partial charge on any atom is 0.416 e. The average molecular weight is 379 g/mol. The molecule has 0 fully saturated rings. The lowest BCUT2D eigenvalue weighted by Gasteiger charge is -2.13. The Balaban J connectivity index is 2.00. The summed E-state index contributed by atoms with van der Waals surface area (Å²) < 4.78 is 77.4.